The van der Waals surface area contributed by atoms with Gasteiger partial charge in [-0.05, 0) is 34.1 Å². The SMILES string of the molecule is COCCNC(=O)CNC(=O)c1ccc(Br)c(N)c1. The lowest BCUT2D eigenvalue weighted by Gasteiger charge is -2.07. The molecule has 6 nitrogen and oxygen atoms in total. The predicted molar refractivity (Wildman–Crippen MR) is 75.8 cm³/mol. The fourth-order valence-corrected chi connectivity index (χ4v) is 1.55. The molecule has 0 heterocycles. The molecule has 2 amide bonds. The Labute approximate surface area is 119 Å². The van der Waals surface area contributed by atoms with E-state index >= 15 is 0 Å². The lowest BCUT2D eigenvalue weighted by atomic mass is 10.2. The van der Waals surface area contributed by atoms with Gasteiger partial charge in [0, 0.05) is 29.4 Å². The maximum atomic E-state index is 11.8. The fraction of sp³-hybridized carbons (Fsp3) is 0.333. The molecule has 1 aromatic carbocycles. The lowest BCUT2D eigenvalue weighted by Crippen LogP contribution is -2.38. The van der Waals surface area contributed by atoms with Gasteiger partial charge in [0.1, 0.15) is 0 Å². The number of carbonyl (C=O) groups is 2. The average Bonchev–Trinajstić information content (AvgIpc) is 2.39. The minimum atomic E-state index is -0.346. The molecule has 0 unspecified atom stereocenters. The number of nitrogens with one attached hydrogen (secondary N) is 2. The normalized spacial score (nSPS) is 10.0. The van der Waals surface area contributed by atoms with Gasteiger partial charge in [0.2, 0.25) is 5.91 Å². The first kappa shape index (κ1) is 15.5. The molecule has 0 fully saturated rings. The maximum Gasteiger partial charge on any atom is 0.251 e. The zero-order valence-electron chi connectivity index (χ0n) is 10.5. The standard InChI is InChI=1S/C12H16BrN3O3/c1-19-5-4-15-11(17)7-16-12(18)8-2-3-9(13)10(14)6-8/h2-3,6H,4-5,7,14H2,1H3,(H,15,17)(H,16,18). The van der Waals surface area contributed by atoms with Crippen LogP contribution in [0.5, 0.6) is 0 Å². The van der Waals surface area contributed by atoms with E-state index in [-0.39, 0.29) is 18.4 Å². The van der Waals surface area contributed by atoms with Gasteiger partial charge in [0.15, 0.2) is 0 Å². The molecule has 0 radical (unpaired) electrons. The molecule has 0 spiro atoms. The Hall–Kier alpha value is -1.60. The molecule has 1 rings (SSSR count). The zero-order valence-corrected chi connectivity index (χ0v) is 12.1. The number of rotatable bonds is 6. The van der Waals surface area contributed by atoms with E-state index in [4.69, 9.17) is 10.5 Å². The van der Waals surface area contributed by atoms with Gasteiger partial charge >= 0.3 is 0 Å². The molecule has 0 saturated carbocycles. The van der Waals surface area contributed by atoms with E-state index in [1.54, 1.807) is 25.3 Å². The zero-order chi connectivity index (χ0) is 14.3. The van der Waals surface area contributed by atoms with Crippen LogP contribution in [0.1, 0.15) is 10.4 Å². The molecule has 0 aliphatic heterocycles. The summed E-state index contributed by atoms with van der Waals surface area (Å²) in [6.45, 7) is 0.762. The number of hydrogen-bond donors (Lipinski definition) is 3. The Balaban J connectivity index is 2.42. The number of nitrogen functional groups attached to an aromatic ring is 1. The molecule has 0 bridgehead atoms. The number of anilines is 1. The van der Waals surface area contributed by atoms with E-state index in [1.807, 2.05) is 0 Å². The summed E-state index contributed by atoms with van der Waals surface area (Å²) in [6, 6.07) is 4.85. The van der Waals surface area contributed by atoms with Crippen molar-refractivity contribution in [3.8, 4) is 0 Å². The van der Waals surface area contributed by atoms with Crippen molar-refractivity contribution >= 4 is 33.4 Å². The summed E-state index contributed by atoms with van der Waals surface area (Å²) in [6.07, 6.45) is 0. The molecule has 0 aliphatic rings. The third-order valence-electron chi connectivity index (χ3n) is 2.30. The number of hydrogen-bond acceptors (Lipinski definition) is 4. The highest BCUT2D eigenvalue weighted by atomic mass is 79.9. The quantitative estimate of drug-likeness (QED) is 0.524. The van der Waals surface area contributed by atoms with Gasteiger partial charge in [-0.25, -0.2) is 0 Å². The molecule has 0 saturated heterocycles. The van der Waals surface area contributed by atoms with E-state index < -0.39 is 0 Å². The van der Waals surface area contributed by atoms with Crippen LogP contribution in [0.3, 0.4) is 0 Å². The van der Waals surface area contributed by atoms with E-state index in [0.29, 0.717) is 24.4 Å². The number of amides is 2. The van der Waals surface area contributed by atoms with Crippen LogP contribution in [-0.4, -0.2) is 38.6 Å². The van der Waals surface area contributed by atoms with Gasteiger partial charge < -0.3 is 21.1 Å². The van der Waals surface area contributed by atoms with Crippen LogP contribution in [0.2, 0.25) is 0 Å². The lowest BCUT2D eigenvalue weighted by molar-refractivity contribution is -0.120. The van der Waals surface area contributed by atoms with Gasteiger partial charge in [-0.3, -0.25) is 9.59 Å². The van der Waals surface area contributed by atoms with Crippen LogP contribution in [0.15, 0.2) is 22.7 Å². The topological polar surface area (TPSA) is 93.5 Å². The van der Waals surface area contributed by atoms with E-state index in [2.05, 4.69) is 26.6 Å². The van der Waals surface area contributed by atoms with Crippen LogP contribution < -0.4 is 16.4 Å². The van der Waals surface area contributed by atoms with Crippen LogP contribution in [-0.2, 0) is 9.53 Å². The monoisotopic (exact) mass is 329 g/mol. The highest BCUT2D eigenvalue weighted by Gasteiger charge is 2.09. The molecule has 19 heavy (non-hydrogen) atoms. The minimum Gasteiger partial charge on any atom is -0.398 e. The van der Waals surface area contributed by atoms with Crippen molar-refractivity contribution in [1.29, 1.82) is 0 Å². The summed E-state index contributed by atoms with van der Waals surface area (Å²) < 4.78 is 5.51. The summed E-state index contributed by atoms with van der Waals surface area (Å²) in [5, 5.41) is 5.11. The van der Waals surface area contributed by atoms with Crippen LogP contribution in [0, 0.1) is 0 Å². The van der Waals surface area contributed by atoms with E-state index in [1.165, 1.54) is 0 Å². The smallest absolute Gasteiger partial charge is 0.251 e. The summed E-state index contributed by atoms with van der Waals surface area (Å²) in [5.74, 6) is -0.614. The number of methoxy groups -OCH3 is 1. The van der Waals surface area contributed by atoms with Gasteiger partial charge in [0.25, 0.3) is 5.91 Å². The Kier molecular flexibility index (Phi) is 6.31. The number of carbonyl (C=O) groups excluding carboxylic acids is 2. The summed E-state index contributed by atoms with van der Waals surface area (Å²) in [5.41, 5.74) is 6.55. The number of halogens is 1. The third-order valence-corrected chi connectivity index (χ3v) is 3.02. The van der Waals surface area contributed by atoms with Gasteiger partial charge in [-0.2, -0.15) is 0 Å². The minimum absolute atomic E-state index is 0.0848. The van der Waals surface area contributed by atoms with Crippen LogP contribution in [0.25, 0.3) is 0 Å². The van der Waals surface area contributed by atoms with Gasteiger partial charge in [-0.15, -0.1) is 0 Å². The molecule has 104 valence electrons. The molecule has 4 N–H and O–H groups in total. The maximum absolute atomic E-state index is 11.8. The van der Waals surface area contributed by atoms with E-state index in [0.717, 1.165) is 4.47 Å². The van der Waals surface area contributed by atoms with Crippen molar-refractivity contribution in [2.24, 2.45) is 0 Å². The second-order valence-electron chi connectivity index (χ2n) is 3.76. The van der Waals surface area contributed by atoms with Crippen molar-refractivity contribution in [3.63, 3.8) is 0 Å². The Morgan fingerprint density at radius 2 is 2.11 bits per heavy atom. The Bertz CT molecular complexity index is 466. The van der Waals surface area contributed by atoms with Crippen LogP contribution >= 0.6 is 15.9 Å². The first-order chi connectivity index (χ1) is 9.04. The Morgan fingerprint density at radius 3 is 2.74 bits per heavy atom. The average molecular weight is 330 g/mol. The van der Waals surface area contributed by atoms with Crippen LogP contribution in [0.4, 0.5) is 5.69 Å². The summed E-state index contributed by atoms with van der Waals surface area (Å²) in [4.78, 5) is 23.1. The van der Waals surface area contributed by atoms with Gasteiger partial charge in [0.05, 0.1) is 13.2 Å². The van der Waals surface area contributed by atoms with Crippen molar-refractivity contribution < 1.29 is 14.3 Å². The second kappa shape index (κ2) is 7.75. The first-order valence-electron chi connectivity index (χ1n) is 5.63. The Morgan fingerprint density at radius 1 is 1.37 bits per heavy atom. The fourth-order valence-electron chi connectivity index (χ4n) is 1.30. The number of ether oxygens (including phenoxy) is 1. The van der Waals surface area contributed by atoms with Crippen molar-refractivity contribution in [3.05, 3.63) is 28.2 Å². The van der Waals surface area contributed by atoms with Gasteiger partial charge in [-0.1, -0.05) is 0 Å². The van der Waals surface area contributed by atoms with Crippen molar-refractivity contribution in [2.75, 3.05) is 32.5 Å². The predicted octanol–water partition coefficient (Wildman–Crippen LogP) is 0.524. The van der Waals surface area contributed by atoms with E-state index in [9.17, 15) is 9.59 Å². The molecular formula is C12H16BrN3O3. The molecule has 0 atom stereocenters. The molecular weight excluding hydrogens is 314 g/mol. The molecule has 7 heteroatoms. The highest BCUT2D eigenvalue weighted by molar-refractivity contribution is 9.10. The largest absolute Gasteiger partial charge is 0.398 e. The highest BCUT2D eigenvalue weighted by Crippen LogP contribution is 2.19. The number of benzene rings is 1. The molecule has 0 aromatic heterocycles. The second-order valence-corrected chi connectivity index (χ2v) is 4.62. The summed E-state index contributed by atoms with van der Waals surface area (Å²) >= 11 is 3.24. The molecule has 0 aliphatic carbocycles. The first-order valence-corrected chi connectivity index (χ1v) is 6.42. The molecule has 1 aromatic rings. The van der Waals surface area contributed by atoms with Crippen molar-refractivity contribution in [1.82, 2.24) is 10.6 Å². The number of nitrogens with two attached hydrogens (primary N) is 1. The summed E-state index contributed by atoms with van der Waals surface area (Å²) in [7, 11) is 1.55. The third kappa shape index (κ3) is 5.27. The van der Waals surface area contributed by atoms with Crippen molar-refractivity contribution in [2.45, 2.75) is 0 Å².